The number of hydrogen-bond acceptors (Lipinski definition) is 3. The second kappa shape index (κ2) is 6.08. The average Bonchev–Trinajstić information content (AvgIpc) is 2.48. The Bertz CT molecular complexity index is 602. The molecule has 3 rings (SSSR count). The molecule has 0 radical (unpaired) electrons. The summed E-state index contributed by atoms with van der Waals surface area (Å²) in [5.74, 6) is 0. The Morgan fingerprint density at radius 2 is 2.10 bits per heavy atom. The van der Waals surface area contributed by atoms with Crippen molar-refractivity contribution in [2.24, 2.45) is 0 Å². The Morgan fingerprint density at radius 3 is 2.95 bits per heavy atom. The molecule has 4 heteroatoms. The minimum absolute atomic E-state index is 0.193. The molecule has 0 bridgehead atoms. The smallest absolute Gasteiger partial charge is 0.0761 e. The van der Waals surface area contributed by atoms with Crippen LogP contribution >= 0.6 is 11.6 Å². The number of aliphatic hydroxyl groups is 1. The first-order chi connectivity index (χ1) is 9.75. The summed E-state index contributed by atoms with van der Waals surface area (Å²) in [5, 5.41) is 15.2. The van der Waals surface area contributed by atoms with E-state index in [1.165, 1.54) is 6.42 Å². The molecule has 1 aliphatic rings. The largest absolute Gasteiger partial charge is 0.392 e. The third-order valence-electron chi connectivity index (χ3n) is 4.08. The average molecular weight is 291 g/mol. The van der Waals surface area contributed by atoms with Gasteiger partial charge in [0.25, 0.3) is 0 Å². The van der Waals surface area contributed by atoms with E-state index < -0.39 is 0 Å². The number of aliphatic hydroxyl groups excluding tert-OH is 1. The summed E-state index contributed by atoms with van der Waals surface area (Å²) >= 11 is 6.20. The molecule has 1 aromatic heterocycles. The third-order valence-corrected chi connectivity index (χ3v) is 4.41. The second-order valence-corrected chi connectivity index (χ2v) is 5.85. The number of rotatable bonds is 3. The van der Waals surface area contributed by atoms with E-state index in [1.807, 2.05) is 24.3 Å². The van der Waals surface area contributed by atoms with Gasteiger partial charge in [-0.05, 0) is 36.6 Å². The molecule has 0 spiro atoms. The fraction of sp³-hybridized carbons (Fsp3) is 0.438. The van der Waals surface area contributed by atoms with Crippen LogP contribution in [0, 0.1) is 0 Å². The Morgan fingerprint density at radius 1 is 1.25 bits per heavy atom. The topological polar surface area (TPSA) is 45.1 Å². The first-order valence-corrected chi connectivity index (χ1v) is 7.57. The quantitative estimate of drug-likeness (QED) is 0.912. The zero-order valence-electron chi connectivity index (χ0n) is 11.3. The summed E-state index contributed by atoms with van der Waals surface area (Å²) in [5.41, 5.74) is 2.07. The van der Waals surface area contributed by atoms with Crippen LogP contribution in [0.2, 0.25) is 5.02 Å². The summed E-state index contributed by atoms with van der Waals surface area (Å²) in [6.45, 7) is 0.715. The van der Waals surface area contributed by atoms with Crippen molar-refractivity contribution in [2.45, 2.75) is 44.4 Å². The summed E-state index contributed by atoms with van der Waals surface area (Å²) in [6.07, 6.45) is 5.82. The Labute approximate surface area is 124 Å². The molecule has 2 atom stereocenters. The fourth-order valence-corrected chi connectivity index (χ4v) is 3.14. The summed E-state index contributed by atoms with van der Waals surface area (Å²) in [7, 11) is 0. The minimum Gasteiger partial charge on any atom is -0.392 e. The molecule has 2 aromatic rings. The molecule has 1 fully saturated rings. The van der Waals surface area contributed by atoms with E-state index in [9.17, 15) is 5.11 Å². The van der Waals surface area contributed by atoms with Crippen LogP contribution in [0.1, 0.15) is 31.2 Å². The normalized spacial score (nSPS) is 23.1. The van der Waals surface area contributed by atoms with E-state index in [-0.39, 0.29) is 12.1 Å². The van der Waals surface area contributed by atoms with Gasteiger partial charge in [-0.25, -0.2) is 0 Å². The van der Waals surface area contributed by atoms with Gasteiger partial charge in [0.05, 0.1) is 11.6 Å². The summed E-state index contributed by atoms with van der Waals surface area (Å²) < 4.78 is 0. The SMILES string of the molecule is OC1CCCCC1NCc1ccc(Cl)c2cccnc12. The number of nitrogens with one attached hydrogen (secondary N) is 1. The summed E-state index contributed by atoms with van der Waals surface area (Å²) in [4.78, 5) is 4.44. The predicted octanol–water partition coefficient (Wildman–Crippen LogP) is 3.28. The lowest BCUT2D eigenvalue weighted by molar-refractivity contribution is 0.0903. The van der Waals surface area contributed by atoms with Gasteiger partial charge in [0.15, 0.2) is 0 Å². The van der Waals surface area contributed by atoms with E-state index in [2.05, 4.69) is 10.3 Å². The van der Waals surface area contributed by atoms with E-state index in [1.54, 1.807) is 6.20 Å². The number of nitrogens with zero attached hydrogens (tertiary/aromatic N) is 1. The monoisotopic (exact) mass is 290 g/mol. The van der Waals surface area contributed by atoms with Crippen LogP contribution < -0.4 is 5.32 Å². The molecular formula is C16H19ClN2O. The van der Waals surface area contributed by atoms with Crippen LogP contribution in [-0.2, 0) is 6.54 Å². The molecule has 1 saturated carbocycles. The molecule has 3 nitrogen and oxygen atoms in total. The van der Waals surface area contributed by atoms with Gasteiger partial charge in [0, 0.05) is 29.2 Å². The van der Waals surface area contributed by atoms with Gasteiger partial charge in [-0.15, -0.1) is 0 Å². The van der Waals surface area contributed by atoms with Crippen LogP contribution in [0.5, 0.6) is 0 Å². The van der Waals surface area contributed by atoms with Crippen molar-refractivity contribution in [3.8, 4) is 0 Å². The van der Waals surface area contributed by atoms with Crippen molar-refractivity contribution in [1.29, 1.82) is 0 Å². The molecule has 1 aliphatic carbocycles. The maximum absolute atomic E-state index is 10.0. The molecule has 0 aliphatic heterocycles. The first-order valence-electron chi connectivity index (χ1n) is 7.19. The number of halogens is 1. The molecule has 20 heavy (non-hydrogen) atoms. The van der Waals surface area contributed by atoms with Crippen molar-refractivity contribution < 1.29 is 5.11 Å². The molecule has 0 amide bonds. The van der Waals surface area contributed by atoms with E-state index in [0.717, 1.165) is 40.8 Å². The molecule has 2 N–H and O–H groups in total. The van der Waals surface area contributed by atoms with Gasteiger partial charge in [-0.1, -0.05) is 30.5 Å². The molecular weight excluding hydrogens is 272 g/mol. The highest BCUT2D eigenvalue weighted by Crippen LogP contribution is 2.25. The maximum atomic E-state index is 10.0. The van der Waals surface area contributed by atoms with Crippen LogP contribution in [0.3, 0.4) is 0 Å². The Hall–Kier alpha value is -1.16. The van der Waals surface area contributed by atoms with E-state index in [0.29, 0.717) is 6.54 Å². The van der Waals surface area contributed by atoms with E-state index >= 15 is 0 Å². The fourth-order valence-electron chi connectivity index (χ4n) is 2.93. The minimum atomic E-state index is -0.227. The van der Waals surface area contributed by atoms with E-state index in [4.69, 9.17) is 11.6 Å². The van der Waals surface area contributed by atoms with Crippen molar-refractivity contribution in [1.82, 2.24) is 10.3 Å². The second-order valence-electron chi connectivity index (χ2n) is 5.45. The molecule has 0 saturated heterocycles. The van der Waals surface area contributed by atoms with Gasteiger partial charge in [0.1, 0.15) is 0 Å². The lowest BCUT2D eigenvalue weighted by Crippen LogP contribution is -2.41. The number of fused-ring (bicyclic) bond motifs is 1. The lowest BCUT2D eigenvalue weighted by atomic mass is 9.92. The van der Waals surface area contributed by atoms with Crippen molar-refractivity contribution in [2.75, 3.05) is 0 Å². The maximum Gasteiger partial charge on any atom is 0.0761 e. The number of pyridine rings is 1. The highest BCUT2D eigenvalue weighted by atomic mass is 35.5. The molecule has 1 heterocycles. The Balaban J connectivity index is 1.79. The van der Waals surface area contributed by atoms with Gasteiger partial charge in [-0.2, -0.15) is 0 Å². The number of benzene rings is 1. The molecule has 106 valence electrons. The number of aromatic nitrogens is 1. The Kier molecular flexibility index (Phi) is 4.20. The van der Waals surface area contributed by atoms with Gasteiger partial charge < -0.3 is 10.4 Å². The van der Waals surface area contributed by atoms with Crippen LogP contribution in [-0.4, -0.2) is 22.2 Å². The summed E-state index contributed by atoms with van der Waals surface area (Å²) in [6, 6.07) is 8.01. The predicted molar refractivity (Wildman–Crippen MR) is 81.9 cm³/mol. The first kappa shape index (κ1) is 13.8. The van der Waals surface area contributed by atoms with Crippen LogP contribution in [0.4, 0.5) is 0 Å². The zero-order chi connectivity index (χ0) is 13.9. The van der Waals surface area contributed by atoms with Crippen molar-refractivity contribution >= 4 is 22.5 Å². The van der Waals surface area contributed by atoms with Crippen molar-refractivity contribution in [3.63, 3.8) is 0 Å². The van der Waals surface area contributed by atoms with Gasteiger partial charge >= 0.3 is 0 Å². The number of hydrogen-bond donors (Lipinski definition) is 2. The van der Waals surface area contributed by atoms with Gasteiger partial charge in [-0.3, -0.25) is 4.98 Å². The molecule has 2 unspecified atom stereocenters. The standard InChI is InChI=1S/C16H19ClN2O/c17-13-8-7-11(16-12(13)4-3-9-18-16)10-19-14-5-1-2-6-15(14)20/h3-4,7-9,14-15,19-20H,1-2,5-6,10H2. The van der Waals surface area contributed by atoms with Crippen LogP contribution in [0.25, 0.3) is 10.9 Å². The van der Waals surface area contributed by atoms with Crippen LogP contribution in [0.15, 0.2) is 30.5 Å². The highest BCUT2D eigenvalue weighted by Gasteiger charge is 2.22. The highest BCUT2D eigenvalue weighted by molar-refractivity contribution is 6.35. The third kappa shape index (κ3) is 2.80. The zero-order valence-corrected chi connectivity index (χ0v) is 12.1. The van der Waals surface area contributed by atoms with Crippen molar-refractivity contribution in [3.05, 3.63) is 41.0 Å². The molecule has 1 aromatic carbocycles. The lowest BCUT2D eigenvalue weighted by Gasteiger charge is -2.28. The van der Waals surface area contributed by atoms with Gasteiger partial charge in [0.2, 0.25) is 0 Å².